The summed E-state index contributed by atoms with van der Waals surface area (Å²) >= 11 is 0. The van der Waals surface area contributed by atoms with E-state index in [0.717, 1.165) is 28.6 Å². The SMILES string of the molecule is N=C(N)c1ccc2c(c1)C(CCNC(=O)c1cnc3ccccc3c1)CO2. The van der Waals surface area contributed by atoms with Gasteiger partial charge in [-0.2, -0.15) is 0 Å². The number of benzene rings is 2. The van der Waals surface area contributed by atoms with E-state index in [1.165, 1.54) is 0 Å². The summed E-state index contributed by atoms with van der Waals surface area (Å²) in [6.45, 7) is 1.10. The van der Waals surface area contributed by atoms with Crippen molar-refractivity contribution < 1.29 is 9.53 Å². The van der Waals surface area contributed by atoms with E-state index >= 15 is 0 Å². The van der Waals surface area contributed by atoms with Crippen LogP contribution in [0.3, 0.4) is 0 Å². The van der Waals surface area contributed by atoms with Crippen LogP contribution in [-0.4, -0.2) is 29.9 Å². The molecule has 27 heavy (non-hydrogen) atoms. The average molecular weight is 360 g/mol. The number of rotatable bonds is 5. The molecule has 0 spiro atoms. The third-order valence-corrected chi connectivity index (χ3v) is 4.83. The number of hydrogen-bond donors (Lipinski definition) is 3. The minimum Gasteiger partial charge on any atom is -0.493 e. The molecule has 0 fully saturated rings. The van der Waals surface area contributed by atoms with Gasteiger partial charge in [0.1, 0.15) is 11.6 Å². The van der Waals surface area contributed by atoms with Gasteiger partial charge in [0.2, 0.25) is 0 Å². The molecule has 4 N–H and O–H groups in total. The first-order chi connectivity index (χ1) is 13.1. The number of nitrogens with one attached hydrogen (secondary N) is 2. The monoisotopic (exact) mass is 360 g/mol. The Kier molecular flexibility index (Phi) is 4.46. The molecule has 0 saturated carbocycles. The lowest BCUT2D eigenvalue weighted by molar-refractivity contribution is 0.0952. The standard InChI is InChI=1S/C21H20N4O2/c22-20(23)14-5-6-19-17(10-14)15(12-27-19)7-8-24-21(26)16-9-13-3-1-2-4-18(13)25-11-16/h1-6,9-11,15H,7-8,12H2,(H3,22,23)(H,24,26). The molecule has 4 rings (SSSR count). The molecule has 1 atom stereocenters. The second-order valence-electron chi connectivity index (χ2n) is 6.64. The first kappa shape index (κ1) is 17.0. The fourth-order valence-corrected chi connectivity index (χ4v) is 3.34. The molecular weight excluding hydrogens is 340 g/mol. The highest BCUT2D eigenvalue weighted by molar-refractivity contribution is 5.97. The van der Waals surface area contributed by atoms with Crippen LogP contribution < -0.4 is 15.8 Å². The van der Waals surface area contributed by atoms with Gasteiger partial charge in [0.15, 0.2) is 0 Å². The van der Waals surface area contributed by atoms with Crippen molar-refractivity contribution in [1.82, 2.24) is 10.3 Å². The molecule has 1 aromatic heterocycles. The van der Waals surface area contributed by atoms with Crippen molar-refractivity contribution in [3.8, 4) is 5.75 Å². The minimum atomic E-state index is -0.134. The van der Waals surface area contributed by atoms with E-state index in [0.29, 0.717) is 24.3 Å². The molecule has 3 aromatic rings. The van der Waals surface area contributed by atoms with Crippen LogP contribution in [0.1, 0.15) is 33.8 Å². The third kappa shape index (κ3) is 3.46. The Bertz CT molecular complexity index is 1030. The van der Waals surface area contributed by atoms with Crippen LogP contribution in [0, 0.1) is 5.41 Å². The summed E-state index contributed by atoms with van der Waals surface area (Å²) in [5.74, 6) is 0.912. The topological polar surface area (TPSA) is 101 Å². The number of nitrogens with two attached hydrogens (primary N) is 1. The maximum Gasteiger partial charge on any atom is 0.252 e. The van der Waals surface area contributed by atoms with Gasteiger partial charge < -0.3 is 15.8 Å². The molecule has 0 aliphatic carbocycles. The molecular formula is C21H20N4O2. The highest BCUT2D eigenvalue weighted by Crippen LogP contribution is 2.36. The number of fused-ring (bicyclic) bond motifs is 2. The zero-order chi connectivity index (χ0) is 18.8. The number of para-hydroxylation sites is 1. The molecule has 1 amide bonds. The molecule has 6 heteroatoms. The molecule has 2 heterocycles. The Balaban J connectivity index is 1.39. The van der Waals surface area contributed by atoms with Gasteiger partial charge in [0.05, 0.1) is 17.7 Å². The van der Waals surface area contributed by atoms with Crippen LogP contribution in [0.5, 0.6) is 5.75 Å². The fourth-order valence-electron chi connectivity index (χ4n) is 3.34. The maximum atomic E-state index is 12.4. The van der Waals surface area contributed by atoms with Crippen LogP contribution in [-0.2, 0) is 0 Å². The number of aromatic nitrogens is 1. The van der Waals surface area contributed by atoms with Crippen molar-refractivity contribution in [3.05, 3.63) is 71.4 Å². The molecule has 2 aromatic carbocycles. The van der Waals surface area contributed by atoms with E-state index < -0.39 is 0 Å². The summed E-state index contributed by atoms with van der Waals surface area (Å²) < 4.78 is 5.70. The lowest BCUT2D eigenvalue weighted by Crippen LogP contribution is -2.26. The van der Waals surface area contributed by atoms with Crippen molar-refractivity contribution in [2.24, 2.45) is 5.73 Å². The smallest absolute Gasteiger partial charge is 0.252 e. The molecule has 0 radical (unpaired) electrons. The van der Waals surface area contributed by atoms with Crippen molar-refractivity contribution in [2.45, 2.75) is 12.3 Å². The van der Waals surface area contributed by atoms with Gasteiger partial charge >= 0.3 is 0 Å². The highest BCUT2D eigenvalue weighted by Gasteiger charge is 2.24. The van der Waals surface area contributed by atoms with Gasteiger partial charge in [0.25, 0.3) is 5.91 Å². The van der Waals surface area contributed by atoms with Crippen molar-refractivity contribution in [3.63, 3.8) is 0 Å². The number of ether oxygens (including phenoxy) is 1. The summed E-state index contributed by atoms with van der Waals surface area (Å²) in [6, 6.07) is 15.1. The molecule has 0 saturated heterocycles. The Morgan fingerprint density at radius 3 is 2.93 bits per heavy atom. The van der Waals surface area contributed by atoms with Gasteiger partial charge in [-0.3, -0.25) is 15.2 Å². The fraction of sp³-hybridized carbons (Fsp3) is 0.190. The summed E-state index contributed by atoms with van der Waals surface area (Å²) in [4.78, 5) is 16.8. The van der Waals surface area contributed by atoms with Gasteiger partial charge in [-0.05, 0) is 36.8 Å². The predicted octanol–water partition coefficient (Wildman–Crippen LogP) is 2.81. The summed E-state index contributed by atoms with van der Waals surface area (Å²) in [7, 11) is 0. The van der Waals surface area contributed by atoms with Crippen LogP contribution >= 0.6 is 0 Å². The molecule has 1 aliphatic heterocycles. The summed E-state index contributed by atoms with van der Waals surface area (Å²) in [6.07, 6.45) is 2.35. The predicted molar refractivity (Wildman–Crippen MR) is 104 cm³/mol. The minimum absolute atomic E-state index is 0.0422. The third-order valence-electron chi connectivity index (χ3n) is 4.83. The van der Waals surface area contributed by atoms with E-state index in [-0.39, 0.29) is 17.7 Å². The zero-order valence-electron chi connectivity index (χ0n) is 14.7. The molecule has 1 aliphatic rings. The van der Waals surface area contributed by atoms with Crippen molar-refractivity contribution in [2.75, 3.05) is 13.2 Å². The Morgan fingerprint density at radius 1 is 1.22 bits per heavy atom. The molecule has 1 unspecified atom stereocenters. The lowest BCUT2D eigenvalue weighted by atomic mass is 9.96. The number of amidine groups is 1. The largest absolute Gasteiger partial charge is 0.493 e. The van der Waals surface area contributed by atoms with Crippen LogP contribution in [0.2, 0.25) is 0 Å². The van der Waals surface area contributed by atoms with Gasteiger partial charge in [-0.15, -0.1) is 0 Å². The number of carbonyl (C=O) groups is 1. The maximum absolute atomic E-state index is 12.4. The Morgan fingerprint density at radius 2 is 2.07 bits per heavy atom. The number of nitrogens with zero attached hydrogens (tertiary/aromatic N) is 1. The lowest BCUT2D eigenvalue weighted by Gasteiger charge is -2.11. The van der Waals surface area contributed by atoms with E-state index in [4.69, 9.17) is 15.9 Å². The van der Waals surface area contributed by atoms with Crippen molar-refractivity contribution >= 4 is 22.6 Å². The second-order valence-corrected chi connectivity index (χ2v) is 6.64. The molecule has 6 nitrogen and oxygen atoms in total. The van der Waals surface area contributed by atoms with E-state index in [2.05, 4.69) is 10.3 Å². The Labute approximate surface area is 156 Å². The van der Waals surface area contributed by atoms with E-state index in [1.54, 1.807) is 12.3 Å². The number of pyridine rings is 1. The molecule has 0 bridgehead atoms. The Hall–Kier alpha value is -3.41. The first-order valence-corrected chi connectivity index (χ1v) is 8.86. The quantitative estimate of drug-likeness (QED) is 0.481. The molecule has 136 valence electrons. The van der Waals surface area contributed by atoms with Crippen LogP contribution in [0.25, 0.3) is 10.9 Å². The summed E-state index contributed by atoms with van der Waals surface area (Å²) in [5, 5.41) is 11.5. The average Bonchev–Trinajstić information content (AvgIpc) is 3.09. The number of nitrogen functional groups attached to an aromatic ring is 1. The number of hydrogen-bond acceptors (Lipinski definition) is 4. The highest BCUT2D eigenvalue weighted by atomic mass is 16.5. The first-order valence-electron chi connectivity index (χ1n) is 8.86. The number of carbonyl (C=O) groups excluding carboxylic acids is 1. The second kappa shape index (κ2) is 7.07. The number of amides is 1. The summed E-state index contributed by atoms with van der Waals surface area (Å²) in [5.41, 5.74) is 8.73. The van der Waals surface area contributed by atoms with Crippen molar-refractivity contribution in [1.29, 1.82) is 5.41 Å². The van der Waals surface area contributed by atoms with E-state index in [9.17, 15) is 4.79 Å². The van der Waals surface area contributed by atoms with Crippen LogP contribution in [0.15, 0.2) is 54.7 Å². The normalized spacial score (nSPS) is 15.2. The van der Waals surface area contributed by atoms with E-state index in [1.807, 2.05) is 42.5 Å². The zero-order valence-corrected chi connectivity index (χ0v) is 14.7. The van der Waals surface area contributed by atoms with Gasteiger partial charge in [0, 0.05) is 35.2 Å². The van der Waals surface area contributed by atoms with Crippen LogP contribution in [0.4, 0.5) is 0 Å². The van der Waals surface area contributed by atoms with Gasteiger partial charge in [-0.25, -0.2) is 0 Å². The van der Waals surface area contributed by atoms with Gasteiger partial charge in [-0.1, -0.05) is 18.2 Å².